The fraction of sp³-hybridized carbons (Fsp3) is 0.300. The van der Waals surface area contributed by atoms with Gasteiger partial charge in [-0.15, -0.1) is 11.3 Å². The molecule has 0 aliphatic carbocycles. The van der Waals surface area contributed by atoms with E-state index in [-0.39, 0.29) is 36.8 Å². The van der Waals surface area contributed by atoms with Gasteiger partial charge in [-0.25, -0.2) is 0 Å². The molecule has 0 bridgehead atoms. The summed E-state index contributed by atoms with van der Waals surface area (Å²) in [4.78, 5) is 44.3. The zero-order valence-electron chi connectivity index (χ0n) is 21.7. The maximum absolute atomic E-state index is 13.7. The minimum Gasteiger partial charge on any atom is -0.464 e. The highest BCUT2D eigenvalue weighted by atomic mass is 32.1. The second-order valence-corrected chi connectivity index (χ2v) is 10.3. The van der Waals surface area contributed by atoms with Crippen LogP contribution in [0.4, 0.5) is 0 Å². The Bertz CT molecular complexity index is 1420. The molecule has 198 valence electrons. The van der Waals surface area contributed by atoms with Crippen molar-refractivity contribution in [3.8, 4) is 0 Å². The number of thiophene rings is 1. The van der Waals surface area contributed by atoms with E-state index in [1.54, 1.807) is 29.0 Å². The third kappa shape index (κ3) is 7.18. The van der Waals surface area contributed by atoms with Crippen molar-refractivity contribution in [2.75, 3.05) is 26.8 Å². The first kappa shape index (κ1) is 27.3. The van der Waals surface area contributed by atoms with Crippen LogP contribution in [0.2, 0.25) is 0 Å². The minimum absolute atomic E-state index is 0.0744. The van der Waals surface area contributed by atoms with E-state index in [9.17, 15) is 14.4 Å². The smallest absolute Gasteiger partial charge is 0.242 e. The molecule has 0 saturated carbocycles. The Morgan fingerprint density at radius 3 is 2.53 bits per heavy atom. The van der Waals surface area contributed by atoms with E-state index < -0.39 is 0 Å². The average Bonchev–Trinajstić information content (AvgIpc) is 3.43. The largest absolute Gasteiger partial charge is 0.464 e. The number of hydrogen-bond acceptors (Lipinski definition) is 6. The van der Waals surface area contributed by atoms with Crippen LogP contribution in [0, 0.1) is 6.92 Å². The Balaban J connectivity index is 1.59. The van der Waals surface area contributed by atoms with Gasteiger partial charge in [-0.1, -0.05) is 48.0 Å². The SMILES string of the molecule is COCCCN(CC(=O)N(Cc1ccccc1)Cc1coc2ccc(C)cc2c1=O)C(=O)Cc1cccs1. The summed E-state index contributed by atoms with van der Waals surface area (Å²) in [6.07, 6.45) is 2.29. The summed E-state index contributed by atoms with van der Waals surface area (Å²) in [5.41, 5.74) is 2.62. The van der Waals surface area contributed by atoms with Crippen molar-refractivity contribution >= 4 is 34.1 Å². The highest BCUT2D eigenvalue weighted by Crippen LogP contribution is 2.16. The molecule has 0 atom stereocenters. The van der Waals surface area contributed by atoms with Crippen LogP contribution in [0.25, 0.3) is 11.0 Å². The summed E-state index contributed by atoms with van der Waals surface area (Å²) in [6.45, 7) is 3.10. The molecule has 38 heavy (non-hydrogen) atoms. The molecule has 0 aliphatic rings. The van der Waals surface area contributed by atoms with E-state index in [1.807, 2.05) is 60.8 Å². The monoisotopic (exact) mass is 532 g/mol. The third-order valence-electron chi connectivity index (χ3n) is 6.29. The summed E-state index contributed by atoms with van der Waals surface area (Å²) >= 11 is 1.52. The van der Waals surface area contributed by atoms with Crippen molar-refractivity contribution < 1.29 is 18.7 Å². The van der Waals surface area contributed by atoms with Crippen molar-refractivity contribution in [1.29, 1.82) is 0 Å². The highest BCUT2D eigenvalue weighted by Gasteiger charge is 2.23. The van der Waals surface area contributed by atoms with Crippen molar-refractivity contribution in [1.82, 2.24) is 9.80 Å². The van der Waals surface area contributed by atoms with Crippen LogP contribution >= 0.6 is 11.3 Å². The molecular formula is C30H32N2O5S. The molecule has 7 nitrogen and oxygen atoms in total. The standard InChI is InChI=1S/C30H32N2O5S/c1-22-11-12-27-26(16-22)30(35)24(21-37-27)19-32(18-23-8-4-3-5-9-23)29(34)20-31(13-7-14-36-2)28(33)17-25-10-6-15-38-25/h3-6,8-12,15-16,21H,7,13-14,17-20H2,1-2H3. The van der Waals surface area contributed by atoms with E-state index in [1.165, 1.54) is 17.6 Å². The third-order valence-corrected chi connectivity index (χ3v) is 7.17. The lowest BCUT2D eigenvalue weighted by atomic mass is 10.1. The predicted octanol–water partition coefficient (Wildman–Crippen LogP) is 4.80. The molecule has 2 aromatic carbocycles. The van der Waals surface area contributed by atoms with E-state index in [2.05, 4.69) is 0 Å². The second-order valence-electron chi connectivity index (χ2n) is 9.24. The van der Waals surface area contributed by atoms with Crippen molar-refractivity contribution in [3.05, 3.63) is 104 Å². The Hall–Kier alpha value is -3.75. The number of carbonyl (C=O) groups is 2. The van der Waals surface area contributed by atoms with Crippen molar-refractivity contribution in [2.45, 2.75) is 32.9 Å². The van der Waals surface area contributed by atoms with Gasteiger partial charge in [0.2, 0.25) is 11.8 Å². The van der Waals surface area contributed by atoms with Crippen LogP contribution in [0.3, 0.4) is 0 Å². The van der Waals surface area contributed by atoms with Gasteiger partial charge in [-0.2, -0.15) is 0 Å². The van der Waals surface area contributed by atoms with Crippen molar-refractivity contribution in [3.63, 3.8) is 0 Å². The molecule has 4 rings (SSSR count). The first-order chi connectivity index (χ1) is 18.4. The van der Waals surface area contributed by atoms with E-state index in [4.69, 9.17) is 9.15 Å². The Labute approximate surface area is 226 Å². The van der Waals surface area contributed by atoms with Crippen LogP contribution < -0.4 is 5.43 Å². The van der Waals surface area contributed by atoms with Gasteiger partial charge < -0.3 is 19.0 Å². The molecule has 0 fully saturated rings. The number of rotatable bonds is 12. The van der Waals surface area contributed by atoms with Gasteiger partial charge in [0.1, 0.15) is 5.58 Å². The van der Waals surface area contributed by atoms with Crippen molar-refractivity contribution in [2.24, 2.45) is 0 Å². The summed E-state index contributed by atoms with van der Waals surface area (Å²) in [5.74, 6) is -0.355. The first-order valence-corrected chi connectivity index (χ1v) is 13.4. The van der Waals surface area contributed by atoms with E-state index in [0.717, 1.165) is 16.0 Å². The molecule has 4 aromatic rings. The molecule has 2 heterocycles. The molecule has 2 amide bonds. The van der Waals surface area contributed by atoms with Crippen LogP contribution in [-0.2, 0) is 33.8 Å². The summed E-state index contributed by atoms with van der Waals surface area (Å²) in [5, 5.41) is 2.42. The van der Waals surface area contributed by atoms with Crippen LogP contribution in [0.1, 0.15) is 28.0 Å². The average molecular weight is 533 g/mol. The lowest BCUT2D eigenvalue weighted by Gasteiger charge is -2.28. The fourth-order valence-corrected chi connectivity index (χ4v) is 4.96. The topological polar surface area (TPSA) is 80.1 Å². The summed E-state index contributed by atoms with van der Waals surface area (Å²) in [6, 6.07) is 18.9. The quantitative estimate of drug-likeness (QED) is 0.245. The summed E-state index contributed by atoms with van der Waals surface area (Å²) in [7, 11) is 1.61. The molecule has 0 N–H and O–H groups in total. The lowest BCUT2D eigenvalue weighted by molar-refractivity contribution is -0.141. The zero-order chi connectivity index (χ0) is 26.9. The molecule has 2 aromatic heterocycles. The Morgan fingerprint density at radius 1 is 0.974 bits per heavy atom. The molecule has 0 saturated heterocycles. The number of ether oxygens (including phenoxy) is 1. The zero-order valence-corrected chi connectivity index (χ0v) is 22.5. The second kappa shape index (κ2) is 13.2. The van der Waals surface area contributed by atoms with Crippen LogP contribution in [-0.4, -0.2) is 48.4 Å². The van der Waals surface area contributed by atoms with Gasteiger partial charge in [0.05, 0.1) is 36.7 Å². The normalized spacial score (nSPS) is 11.0. The Morgan fingerprint density at radius 2 is 1.79 bits per heavy atom. The number of benzene rings is 2. The number of fused-ring (bicyclic) bond motifs is 1. The van der Waals surface area contributed by atoms with Gasteiger partial charge in [-0.3, -0.25) is 14.4 Å². The van der Waals surface area contributed by atoms with Crippen LogP contribution in [0.15, 0.2) is 81.5 Å². The van der Waals surface area contributed by atoms with Gasteiger partial charge in [0.15, 0.2) is 5.43 Å². The van der Waals surface area contributed by atoms with Gasteiger partial charge in [-0.05, 0) is 42.5 Å². The summed E-state index contributed by atoms with van der Waals surface area (Å²) < 4.78 is 10.9. The highest BCUT2D eigenvalue weighted by molar-refractivity contribution is 7.10. The van der Waals surface area contributed by atoms with Gasteiger partial charge in [0, 0.05) is 31.7 Å². The molecule has 0 unspecified atom stereocenters. The fourth-order valence-electron chi connectivity index (χ4n) is 4.26. The number of aryl methyl sites for hydroxylation is 1. The Kier molecular flexibility index (Phi) is 9.46. The van der Waals surface area contributed by atoms with Gasteiger partial charge in [0.25, 0.3) is 0 Å². The first-order valence-electron chi connectivity index (χ1n) is 12.6. The number of amides is 2. The molecule has 0 aliphatic heterocycles. The van der Waals surface area contributed by atoms with E-state index in [0.29, 0.717) is 42.6 Å². The molecule has 0 radical (unpaired) electrons. The number of nitrogens with zero attached hydrogens (tertiary/aromatic N) is 2. The molecular weight excluding hydrogens is 500 g/mol. The number of methoxy groups -OCH3 is 1. The maximum atomic E-state index is 13.7. The number of hydrogen-bond donors (Lipinski definition) is 0. The minimum atomic E-state index is -0.241. The van der Waals surface area contributed by atoms with Gasteiger partial charge >= 0.3 is 0 Å². The number of carbonyl (C=O) groups excluding carboxylic acids is 2. The molecule has 0 spiro atoms. The lowest BCUT2D eigenvalue weighted by Crippen LogP contribution is -2.44. The molecule has 8 heteroatoms. The predicted molar refractivity (Wildman–Crippen MR) is 149 cm³/mol. The van der Waals surface area contributed by atoms with E-state index >= 15 is 0 Å². The maximum Gasteiger partial charge on any atom is 0.242 e. The van der Waals surface area contributed by atoms with Crippen LogP contribution in [0.5, 0.6) is 0 Å².